The lowest BCUT2D eigenvalue weighted by molar-refractivity contribution is 0.437. The van der Waals surface area contributed by atoms with Gasteiger partial charge >= 0.3 is 0 Å². The van der Waals surface area contributed by atoms with Gasteiger partial charge in [-0.2, -0.15) is 0 Å². The maximum absolute atomic E-state index is 6.11. The largest absolute Gasteiger partial charge is 0.387 e. The zero-order valence-electron chi connectivity index (χ0n) is 9.63. The number of amidine groups is 1. The molecule has 0 saturated heterocycles. The van der Waals surface area contributed by atoms with Crippen molar-refractivity contribution >= 4 is 43.4 Å². The summed E-state index contributed by atoms with van der Waals surface area (Å²) < 4.78 is 2.01. The molecule has 17 heavy (non-hydrogen) atoms. The van der Waals surface area contributed by atoms with Crippen molar-refractivity contribution < 1.29 is 0 Å². The van der Waals surface area contributed by atoms with Crippen LogP contribution in [0.15, 0.2) is 32.1 Å². The molecule has 1 aliphatic carbocycles. The first kappa shape index (κ1) is 13.1. The maximum Gasteiger partial charge on any atom is 0.103 e. The van der Waals surface area contributed by atoms with E-state index in [1.165, 1.54) is 32.1 Å². The van der Waals surface area contributed by atoms with Crippen LogP contribution in [0.25, 0.3) is 0 Å². The van der Waals surface area contributed by atoms with Crippen LogP contribution in [-0.4, -0.2) is 5.84 Å². The number of hydrogen-bond donors (Lipinski definition) is 1. The van der Waals surface area contributed by atoms with Crippen LogP contribution >= 0.6 is 31.9 Å². The second kappa shape index (κ2) is 6.01. The van der Waals surface area contributed by atoms with Crippen LogP contribution in [0, 0.1) is 5.92 Å². The first-order valence-electron chi connectivity index (χ1n) is 5.96. The van der Waals surface area contributed by atoms with Gasteiger partial charge in [0.15, 0.2) is 0 Å². The molecule has 0 heterocycles. The molecular weight excluding hydrogens is 344 g/mol. The highest BCUT2D eigenvalue weighted by atomic mass is 79.9. The molecule has 0 bridgehead atoms. The van der Waals surface area contributed by atoms with Gasteiger partial charge in [0.25, 0.3) is 0 Å². The van der Waals surface area contributed by atoms with Gasteiger partial charge in [0.05, 0.1) is 5.69 Å². The molecule has 0 unspecified atom stereocenters. The third kappa shape index (κ3) is 3.55. The molecule has 0 aliphatic heterocycles. The molecule has 1 saturated carbocycles. The van der Waals surface area contributed by atoms with Gasteiger partial charge in [-0.1, -0.05) is 35.2 Å². The van der Waals surface area contributed by atoms with Gasteiger partial charge in [-0.3, -0.25) is 0 Å². The summed E-state index contributed by atoms with van der Waals surface area (Å²) in [4.78, 5) is 4.56. The minimum atomic E-state index is 0.467. The number of nitrogens with zero attached hydrogens (tertiary/aromatic N) is 1. The Labute approximate surface area is 119 Å². The lowest BCUT2D eigenvalue weighted by atomic mass is 9.88. The van der Waals surface area contributed by atoms with Crippen LogP contribution in [0.5, 0.6) is 0 Å². The Kier molecular flexibility index (Phi) is 4.62. The molecule has 1 aromatic carbocycles. The number of aliphatic imine (C=N–C) groups is 1. The molecule has 2 nitrogen and oxygen atoms in total. The van der Waals surface area contributed by atoms with Crippen LogP contribution in [0.1, 0.15) is 32.1 Å². The molecule has 0 atom stereocenters. The highest BCUT2D eigenvalue weighted by Gasteiger charge is 2.17. The van der Waals surface area contributed by atoms with Gasteiger partial charge in [-0.25, -0.2) is 4.99 Å². The second-order valence-electron chi connectivity index (χ2n) is 4.47. The fourth-order valence-corrected chi connectivity index (χ4v) is 2.88. The molecule has 0 amide bonds. The van der Waals surface area contributed by atoms with Crippen LogP contribution < -0.4 is 5.73 Å². The molecule has 0 radical (unpaired) electrons. The molecule has 2 rings (SSSR count). The van der Waals surface area contributed by atoms with Crippen molar-refractivity contribution in [1.29, 1.82) is 0 Å². The Balaban J connectivity index is 2.19. The number of benzene rings is 1. The molecule has 1 aliphatic rings. The van der Waals surface area contributed by atoms with Crippen LogP contribution in [0.3, 0.4) is 0 Å². The van der Waals surface area contributed by atoms with Gasteiger partial charge < -0.3 is 5.73 Å². The van der Waals surface area contributed by atoms with Crippen molar-refractivity contribution in [3.63, 3.8) is 0 Å². The summed E-state index contributed by atoms with van der Waals surface area (Å²) in [5.41, 5.74) is 7.02. The second-order valence-corrected chi connectivity index (χ2v) is 6.24. The SMILES string of the molecule is NC(=Nc1cc(Br)ccc1Br)C1CCCCC1. The number of nitrogens with two attached hydrogens (primary N) is 1. The summed E-state index contributed by atoms with van der Waals surface area (Å²) in [5.74, 6) is 1.25. The van der Waals surface area contributed by atoms with E-state index in [0.717, 1.165) is 20.5 Å². The minimum absolute atomic E-state index is 0.467. The van der Waals surface area contributed by atoms with Crippen LogP contribution in [0.4, 0.5) is 5.69 Å². The zero-order valence-corrected chi connectivity index (χ0v) is 12.8. The third-order valence-corrected chi connectivity index (χ3v) is 4.35. The predicted octanol–water partition coefficient (Wildman–Crippen LogP) is 4.78. The average molecular weight is 360 g/mol. The van der Waals surface area contributed by atoms with Crippen molar-refractivity contribution in [2.45, 2.75) is 32.1 Å². The Morgan fingerprint density at radius 3 is 2.59 bits per heavy atom. The normalized spacial score (nSPS) is 18.4. The van der Waals surface area contributed by atoms with Crippen molar-refractivity contribution in [2.24, 2.45) is 16.6 Å². The van der Waals surface area contributed by atoms with Crippen molar-refractivity contribution in [3.8, 4) is 0 Å². The molecule has 4 heteroatoms. The smallest absolute Gasteiger partial charge is 0.103 e. The highest BCUT2D eigenvalue weighted by molar-refractivity contribution is 9.11. The summed E-state index contributed by atoms with van der Waals surface area (Å²) >= 11 is 6.95. The Morgan fingerprint density at radius 2 is 1.88 bits per heavy atom. The number of rotatable bonds is 2. The fourth-order valence-electron chi connectivity index (χ4n) is 2.20. The van der Waals surface area contributed by atoms with Gasteiger partial charge in [-0.15, -0.1) is 0 Å². The van der Waals surface area contributed by atoms with E-state index in [0.29, 0.717) is 5.92 Å². The van der Waals surface area contributed by atoms with E-state index in [4.69, 9.17) is 5.73 Å². The molecule has 2 N–H and O–H groups in total. The van der Waals surface area contributed by atoms with Crippen LogP contribution in [-0.2, 0) is 0 Å². The van der Waals surface area contributed by atoms with E-state index in [9.17, 15) is 0 Å². The molecule has 1 aromatic rings. The summed E-state index contributed by atoms with van der Waals surface area (Å²) in [7, 11) is 0. The molecule has 1 fully saturated rings. The van der Waals surface area contributed by atoms with Crippen LogP contribution in [0.2, 0.25) is 0 Å². The Morgan fingerprint density at radius 1 is 1.18 bits per heavy atom. The van der Waals surface area contributed by atoms with E-state index in [1.807, 2.05) is 18.2 Å². The van der Waals surface area contributed by atoms with Gasteiger partial charge in [0, 0.05) is 14.9 Å². The summed E-state index contributed by atoms with van der Waals surface area (Å²) in [6, 6.07) is 5.96. The molecule has 92 valence electrons. The van der Waals surface area contributed by atoms with E-state index in [-0.39, 0.29) is 0 Å². The molecular formula is C13H16Br2N2. The van der Waals surface area contributed by atoms with Gasteiger partial charge in [-0.05, 0) is 47.0 Å². The minimum Gasteiger partial charge on any atom is -0.387 e. The first-order valence-corrected chi connectivity index (χ1v) is 7.54. The van der Waals surface area contributed by atoms with Crippen molar-refractivity contribution in [3.05, 3.63) is 27.1 Å². The van der Waals surface area contributed by atoms with E-state index in [2.05, 4.69) is 36.9 Å². The van der Waals surface area contributed by atoms with Crippen molar-refractivity contribution in [1.82, 2.24) is 0 Å². The topological polar surface area (TPSA) is 38.4 Å². The lowest BCUT2D eigenvalue weighted by Crippen LogP contribution is -2.25. The van der Waals surface area contributed by atoms with Gasteiger partial charge in [0.1, 0.15) is 5.84 Å². The number of hydrogen-bond acceptors (Lipinski definition) is 1. The van der Waals surface area contributed by atoms with Crippen molar-refractivity contribution in [2.75, 3.05) is 0 Å². The van der Waals surface area contributed by atoms with E-state index < -0.39 is 0 Å². The third-order valence-electron chi connectivity index (χ3n) is 3.18. The first-order chi connectivity index (χ1) is 8.16. The predicted molar refractivity (Wildman–Crippen MR) is 79.7 cm³/mol. The molecule has 0 spiro atoms. The standard InChI is InChI=1S/C13H16Br2N2/c14-10-6-7-11(15)12(8-10)17-13(16)9-4-2-1-3-5-9/h6-9H,1-5H2,(H2,16,17). The Bertz CT molecular complexity index is 423. The fraction of sp³-hybridized carbons (Fsp3) is 0.462. The quantitative estimate of drug-likeness (QED) is 0.598. The molecule has 0 aromatic heterocycles. The number of halogens is 2. The average Bonchev–Trinajstić information content (AvgIpc) is 2.35. The maximum atomic E-state index is 6.11. The lowest BCUT2D eigenvalue weighted by Gasteiger charge is -2.20. The summed E-state index contributed by atoms with van der Waals surface area (Å²) in [6.45, 7) is 0. The van der Waals surface area contributed by atoms with Gasteiger partial charge in [0.2, 0.25) is 0 Å². The zero-order chi connectivity index (χ0) is 12.3. The monoisotopic (exact) mass is 358 g/mol. The summed E-state index contributed by atoms with van der Waals surface area (Å²) in [6.07, 6.45) is 6.26. The summed E-state index contributed by atoms with van der Waals surface area (Å²) in [5, 5.41) is 0. The van der Waals surface area contributed by atoms with E-state index in [1.54, 1.807) is 0 Å². The Hall–Kier alpha value is -0.350. The highest BCUT2D eigenvalue weighted by Crippen LogP contribution is 2.30. The van der Waals surface area contributed by atoms with E-state index >= 15 is 0 Å².